The van der Waals surface area contributed by atoms with Crippen molar-refractivity contribution in [1.29, 1.82) is 0 Å². The first-order valence-electron chi connectivity index (χ1n) is 20.0. The summed E-state index contributed by atoms with van der Waals surface area (Å²) in [6.45, 7) is 15.2. The Bertz CT molecular complexity index is 2420. The maximum Gasteiger partial charge on any atom is 0.318 e. The number of fused-ring (bicyclic) bond motifs is 3. The summed E-state index contributed by atoms with van der Waals surface area (Å²) in [5.41, 5.74) is 7.09. The highest BCUT2D eigenvalue weighted by atomic mass is 32.2. The van der Waals surface area contributed by atoms with Gasteiger partial charge in [-0.2, -0.15) is 5.10 Å². The Kier molecular flexibility index (Phi) is 14.3. The number of thiophene rings is 1. The predicted molar refractivity (Wildman–Crippen MR) is 241 cm³/mol. The molecular formula is C46H56F2N6O4S2. The molecule has 14 heteroatoms. The molecule has 0 spiro atoms. The van der Waals surface area contributed by atoms with Gasteiger partial charge in [-0.3, -0.25) is 4.68 Å². The Labute approximate surface area is 360 Å². The number of ether oxygens (including phenoxy) is 2. The molecule has 0 bridgehead atoms. The van der Waals surface area contributed by atoms with E-state index in [4.69, 9.17) is 14.6 Å². The van der Waals surface area contributed by atoms with Crippen molar-refractivity contribution in [3.8, 4) is 5.75 Å². The number of aliphatic hydroxyl groups excluding tert-OH is 1. The lowest BCUT2D eigenvalue weighted by atomic mass is 9.89. The van der Waals surface area contributed by atoms with Crippen LogP contribution >= 0.6 is 23.1 Å². The van der Waals surface area contributed by atoms with E-state index in [-0.39, 0.29) is 31.3 Å². The molecule has 320 valence electrons. The average Bonchev–Trinajstić information content (AvgIpc) is 3.84. The van der Waals surface area contributed by atoms with E-state index in [0.29, 0.717) is 47.8 Å². The van der Waals surface area contributed by atoms with E-state index in [9.17, 15) is 9.90 Å². The number of rotatable bonds is 14. The van der Waals surface area contributed by atoms with E-state index in [0.717, 1.165) is 49.6 Å². The molecule has 0 aliphatic carbocycles. The van der Waals surface area contributed by atoms with Gasteiger partial charge in [0.2, 0.25) is 0 Å². The van der Waals surface area contributed by atoms with Crippen LogP contribution in [0.1, 0.15) is 74.3 Å². The highest BCUT2D eigenvalue weighted by Gasteiger charge is 2.36. The second-order valence-electron chi connectivity index (χ2n) is 15.8. The molecule has 0 saturated heterocycles. The summed E-state index contributed by atoms with van der Waals surface area (Å²) in [5, 5.41) is 22.6. The first-order valence-corrected chi connectivity index (χ1v) is 22.2. The fourth-order valence-corrected chi connectivity index (χ4v) is 9.13. The first-order chi connectivity index (χ1) is 28.6. The maximum absolute atomic E-state index is 16.3. The van der Waals surface area contributed by atoms with Crippen LogP contribution in [0.4, 0.5) is 19.3 Å². The summed E-state index contributed by atoms with van der Waals surface area (Å²) in [4.78, 5) is 19.4. The van der Waals surface area contributed by atoms with Gasteiger partial charge >= 0.3 is 6.03 Å². The minimum atomic E-state index is -0.767. The standard InChI is InChI=1S/C46H56F2N6O4S2/c1-11-32-18-36(41(22-40(32)51(7)8)58-25-27(2)12-15-57-26-30(5)55)43-35-14-17-60-45(35)31(6)42-37(19-33(47)20-38(42)48)44(52(43)9)39-21-34-24-53(29(4)23-54(34)50-39)46(56)49-28(3)13-16-59-10/h11-14,16-22,28-30,44,55H,1,15,23-26H2,2-10H3,(H,49,56)/b16-13-,27-12+,43-35-,45-31-. The fraction of sp³-hybridized carbons (Fsp3) is 0.391. The SMILES string of the molecule is C=Cc1cc(/C2=c3\ccs\c3=C(\C)c3c(F)cc(F)cc3C(c3cc4n(n3)CC(C)N(C(=O)NC(C)/C=C\SC)C4)N2C)c(OC/C(C)=C/COCC(C)O)cc1N(C)C. The van der Waals surface area contributed by atoms with Crippen LogP contribution in [0.5, 0.6) is 5.75 Å². The number of halogens is 2. The lowest BCUT2D eigenvalue weighted by Gasteiger charge is -2.35. The normalized spacial score (nSPS) is 19.6. The molecule has 0 fully saturated rings. The summed E-state index contributed by atoms with van der Waals surface area (Å²) in [7, 11) is 5.86. The Morgan fingerprint density at radius 2 is 1.98 bits per heavy atom. The molecule has 0 saturated carbocycles. The summed E-state index contributed by atoms with van der Waals surface area (Å²) in [6.07, 6.45) is 7.10. The van der Waals surface area contributed by atoms with Crippen LogP contribution < -0.4 is 24.7 Å². The first kappa shape index (κ1) is 44.7. The smallest absolute Gasteiger partial charge is 0.318 e. The lowest BCUT2D eigenvalue weighted by molar-refractivity contribution is 0.0595. The van der Waals surface area contributed by atoms with Gasteiger partial charge in [-0.05, 0) is 98.2 Å². The Hall–Kier alpha value is -4.89. The van der Waals surface area contributed by atoms with Gasteiger partial charge in [-0.1, -0.05) is 24.8 Å². The molecule has 2 aromatic heterocycles. The zero-order valence-corrected chi connectivity index (χ0v) is 37.5. The number of hydrogen-bond acceptors (Lipinski definition) is 9. The number of benzene rings is 2. The quantitative estimate of drug-likeness (QED) is 0.101. The number of carbonyl (C=O) groups is 1. The van der Waals surface area contributed by atoms with Crippen molar-refractivity contribution in [3.63, 3.8) is 0 Å². The van der Waals surface area contributed by atoms with Crippen molar-refractivity contribution in [1.82, 2.24) is 24.9 Å². The maximum atomic E-state index is 16.3. The summed E-state index contributed by atoms with van der Waals surface area (Å²) in [6, 6.07) is 9.14. The van der Waals surface area contributed by atoms with Gasteiger partial charge in [0, 0.05) is 65.9 Å². The van der Waals surface area contributed by atoms with Gasteiger partial charge in [-0.15, -0.1) is 23.1 Å². The number of urea groups is 1. The minimum absolute atomic E-state index is 0.156. The van der Waals surface area contributed by atoms with Crippen LogP contribution in [-0.2, 0) is 17.8 Å². The third kappa shape index (κ3) is 9.52. The number of amides is 2. The molecule has 4 unspecified atom stereocenters. The minimum Gasteiger partial charge on any atom is -0.488 e. The van der Waals surface area contributed by atoms with Crippen molar-refractivity contribution >= 4 is 52.2 Å². The third-order valence-corrected chi connectivity index (χ3v) is 12.2. The molecule has 4 aromatic rings. The van der Waals surface area contributed by atoms with Gasteiger partial charge in [-0.25, -0.2) is 13.6 Å². The van der Waals surface area contributed by atoms with Crippen molar-refractivity contribution in [2.24, 2.45) is 0 Å². The molecule has 2 aliphatic heterocycles. The molecule has 2 aliphatic rings. The summed E-state index contributed by atoms with van der Waals surface area (Å²) in [5.74, 6) is -0.740. The van der Waals surface area contributed by atoms with Crippen molar-refractivity contribution in [3.05, 3.63) is 127 Å². The molecule has 2 N–H and O–H groups in total. The van der Waals surface area contributed by atoms with E-state index in [1.807, 2.05) is 112 Å². The molecule has 6 rings (SSSR count). The highest BCUT2D eigenvalue weighted by Crippen LogP contribution is 2.42. The van der Waals surface area contributed by atoms with Crippen molar-refractivity contribution < 1.29 is 28.2 Å². The number of aromatic nitrogens is 2. The van der Waals surface area contributed by atoms with Crippen molar-refractivity contribution in [2.45, 2.75) is 71.9 Å². The molecule has 2 amide bonds. The number of carbonyl (C=O) groups excluding carboxylic acids is 1. The predicted octanol–water partition coefficient (Wildman–Crippen LogP) is 7.24. The number of nitrogens with one attached hydrogen (secondary N) is 1. The van der Waals surface area contributed by atoms with E-state index in [2.05, 4.69) is 22.9 Å². The van der Waals surface area contributed by atoms with E-state index in [1.54, 1.807) is 23.6 Å². The average molecular weight is 859 g/mol. The van der Waals surface area contributed by atoms with Gasteiger partial charge in [0.15, 0.2) is 0 Å². The number of hydrogen-bond donors (Lipinski definition) is 2. The van der Waals surface area contributed by atoms with Gasteiger partial charge in [0.25, 0.3) is 0 Å². The third-order valence-electron chi connectivity index (χ3n) is 10.8. The second kappa shape index (κ2) is 19.2. The zero-order chi connectivity index (χ0) is 43.4. The van der Waals surface area contributed by atoms with Crippen LogP contribution in [0.15, 0.2) is 71.5 Å². The lowest BCUT2D eigenvalue weighted by Crippen LogP contribution is -2.50. The zero-order valence-electron chi connectivity index (χ0n) is 35.9. The number of anilines is 1. The van der Waals surface area contributed by atoms with Crippen LogP contribution in [0.25, 0.3) is 17.3 Å². The van der Waals surface area contributed by atoms with Gasteiger partial charge in [0.1, 0.15) is 24.0 Å². The Morgan fingerprint density at radius 3 is 2.68 bits per heavy atom. The van der Waals surface area contributed by atoms with Crippen LogP contribution in [-0.4, -0.2) is 96.1 Å². The number of thioether (sulfide) groups is 1. The Balaban J connectivity index is 1.53. The highest BCUT2D eigenvalue weighted by molar-refractivity contribution is 8.01. The molecule has 10 nitrogen and oxygen atoms in total. The second-order valence-corrected chi connectivity index (χ2v) is 17.4. The monoisotopic (exact) mass is 858 g/mol. The molecule has 2 aromatic carbocycles. The topological polar surface area (TPSA) is 95.3 Å². The molecule has 60 heavy (non-hydrogen) atoms. The number of nitrogens with zero attached hydrogens (tertiary/aromatic N) is 5. The molecule has 4 heterocycles. The fourth-order valence-electron chi connectivity index (χ4n) is 7.83. The van der Waals surface area contributed by atoms with E-state index in [1.165, 1.54) is 17.4 Å². The van der Waals surface area contributed by atoms with Crippen LogP contribution in [0.2, 0.25) is 0 Å². The van der Waals surface area contributed by atoms with Crippen LogP contribution in [0, 0.1) is 11.6 Å². The Morgan fingerprint density at radius 1 is 1.22 bits per heavy atom. The van der Waals surface area contributed by atoms with Crippen LogP contribution in [0.3, 0.4) is 0 Å². The number of aliphatic hydroxyl groups is 1. The summed E-state index contributed by atoms with van der Waals surface area (Å²) < 4.78 is 46.9. The van der Waals surface area contributed by atoms with Crippen molar-refractivity contribution in [2.75, 3.05) is 52.1 Å². The van der Waals surface area contributed by atoms with E-state index < -0.39 is 23.8 Å². The largest absolute Gasteiger partial charge is 0.488 e. The molecule has 4 atom stereocenters. The van der Waals surface area contributed by atoms with E-state index >= 15 is 8.78 Å². The van der Waals surface area contributed by atoms with Gasteiger partial charge in [0.05, 0.1) is 61.6 Å². The van der Waals surface area contributed by atoms with Gasteiger partial charge < -0.3 is 34.6 Å². The molecule has 0 radical (unpaired) electrons. The molecular weight excluding hydrogens is 803 g/mol. The summed E-state index contributed by atoms with van der Waals surface area (Å²) >= 11 is 3.07.